The van der Waals surface area contributed by atoms with Crippen LogP contribution in [0.3, 0.4) is 0 Å². The number of aromatic nitrogens is 4. The lowest BCUT2D eigenvalue weighted by molar-refractivity contribution is 0.714. The number of imidazole rings is 1. The number of rotatable bonds is 5. The van der Waals surface area contributed by atoms with Gasteiger partial charge in [0.25, 0.3) is 0 Å². The second-order valence-electron chi connectivity index (χ2n) is 13.3. The molecule has 0 amide bonds. The fourth-order valence-electron chi connectivity index (χ4n) is 7.83. The Hall–Kier alpha value is -6.33. The van der Waals surface area contributed by atoms with Gasteiger partial charge in [0.05, 0.1) is 22.4 Å². The number of para-hydroxylation sites is 1. The minimum atomic E-state index is -0.254. The normalized spacial score (nSPS) is 14.9. The monoisotopic (exact) mass is 646 g/mol. The number of aryl methyl sites for hydroxylation is 2. The second kappa shape index (κ2) is 11.4. The molecule has 50 heavy (non-hydrogen) atoms. The zero-order chi connectivity index (χ0) is 34.0. The standard InChI is InChI=1S/C45H34N4O/c1-45(33-15-8-5-9-16-33)37-19-11-10-17-35(37)36-27-32(25-26-38(36)45)40-28-39(46-43(47-40)31-13-6-4-7-14-31)30-23-21-29(22-24-30)34-18-12-20-41-42(34)49(3)44(50)48(41)2/h4-28H,1-3H3. The summed E-state index contributed by atoms with van der Waals surface area (Å²) in [5, 5.41) is 0. The molecule has 2 heterocycles. The molecule has 1 aliphatic carbocycles. The van der Waals surface area contributed by atoms with Crippen molar-refractivity contribution < 1.29 is 0 Å². The number of hydrogen-bond donors (Lipinski definition) is 0. The molecule has 0 saturated heterocycles. The zero-order valence-corrected chi connectivity index (χ0v) is 28.1. The van der Waals surface area contributed by atoms with Gasteiger partial charge in [-0.1, -0.05) is 133 Å². The summed E-state index contributed by atoms with van der Waals surface area (Å²) in [6.07, 6.45) is 0. The van der Waals surface area contributed by atoms with Gasteiger partial charge in [0.2, 0.25) is 0 Å². The third-order valence-corrected chi connectivity index (χ3v) is 10.5. The van der Waals surface area contributed by atoms with Crippen LogP contribution in [0.1, 0.15) is 23.6 Å². The first-order valence-electron chi connectivity index (χ1n) is 16.9. The Morgan fingerprint density at radius 2 is 1.10 bits per heavy atom. The lowest BCUT2D eigenvalue weighted by Crippen LogP contribution is -2.22. The summed E-state index contributed by atoms with van der Waals surface area (Å²) in [5.74, 6) is 0.682. The van der Waals surface area contributed by atoms with Crippen LogP contribution in [0.4, 0.5) is 0 Å². The highest BCUT2D eigenvalue weighted by molar-refractivity contribution is 5.93. The van der Waals surface area contributed by atoms with Gasteiger partial charge in [0.1, 0.15) is 0 Å². The molecule has 8 aromatic rings. The van der Waals surface area contributed by atoms with Crippen LogP contribution in [0, 0.1) is 0 Å². The van der Waals surface area contributed by atoms with Crippen molar-refractivity contribution in [1.82, 2.24) is 19.1 Å². The Morgan fingerprint density at radius 1 is 0.500 bits per heavy atom. The molecule has 0 bridgehead atoms. The van der Waals surface area contributed by atoms with Gasteiger partial charge in [-0.2, -0.15) is 0 Å². The van der Waals surface area contributed by atoms with E-state index in [1.807, 2.05) is 44.4 Å². The van der Waals surface area contributed by atoms with E-state index in [1.165, 1.54) is 27.8 Å². The third kappa shape index (κ3) is 4.51. The van der Waals surface area contributed by atoms with Crippen LogP contribution >= 0.6 is 0 Å². The van der Waals surface area contributed by atoms with Crippen LogP contribution < -0.4 is 5.69 Å². The average Bonchev–Trinajstić information content (AvgIpc) is 3.58. The van der Waals surface area contributed by atoms with Crippen molar-refractivity contribution >= 4 is 11.0 Å². The summed E-state index contributed by atoms with van der Waals surface area (Å²) in [6.45, 7) is 2.34. The summed E-state index contributed by atoms with van der Waals surface area (Å²) in [6, 6.07) is 53.1. The molecule has 0 spiro atoms. The van der Waals surface area contributed by atoms with E-state index in [-0.39, 0.29) is 11.1 Å². The van der Waals surface area contributed by atoms with E-state index in [9.17, 15) is 4.79 Å². The predicted octanol–water partition coefficient (Wildman–Crippen LogP) is 9.67. The van der Waals surface area contributed by atoms with Gasteiger partial charge in [-0.25, -0.2) is 14.8 Å². The van der Waals surface area contributed by atoms with Crippen molar-refractivity contribution in [2.45, 2.75) is 12.3 Å². The van der Waals surface area contributed by atoms with E-state index < -0.39 is 0 Å². The number of fused-ring (bicyclic) bond motifs is 4. The summed E-state index contributed by atoms with van der Waals surface area (Å²) < 4.78 is 3.42. The molecule has 240 valence electrons. The maximum Gasteiger partial charge on any atom is 0.328 e. The minimum absolute atomic E-state index is 0.0363. The third-order valence-electron chi connectivity index (χ3n) is 10.5. The molecule has 5 heteroatoms. The number of nitrogens with zero attached hydrogens (tertiary/aromatic N) is 4. The molecule has 9 rings (SSSR count). The van der Waals surface area contributed by atoms with Gasteiger partial charge in [0.15, 0.2) is 5.82 Å². The van der Waals surface area contributed by atoms with E-state index in [0.717, 1.165) is 50.2 Å². The minimum Gasteiger partial charge on any atom is -0.295 e. The molecule has 2 aromatic heterocycles. The van der Waals surface area contributed by atoms with E-state index in [0.29, 0.717) is 5.82 Å². The Bertz CT molecular complexity index is 2640. The molecule has 6 aromatic carbocycles. The molecule has 5 nitrogen and oxygen atoms in total. The Morgan fingerprint density at radius 3 is 1.86 bits per heavy atom. The van der Waals surface area contributed by atoms with E-state index in [1.54, 1.807) is 9.13 Å². The van der Waals surface area contributed by atoms with Gasteiger partial charge in [-0.15, -0.1) is 0 Å². The van der Waals surface area contributed by atoms with Crippen LogP contribution in [-0.2, 0) is 19.5 Å². The van der Waals surface area contributed by atoms with E-state index in [2.05, 4.69) is 128 Å². The first-order chi connectivity index (χ1) is 24.4. The summed E-state index contributed by atoms with van der Waals surface area (Å²) >= 11 is 0. The Balaban J connectivity index is 1.17. The van der Waals surface area contributed by atoms with Crippen molar-refractivity contribution in [2.75, 3.05) is 0 Å². The lowest BCUT2D eigenvalue weighted by Gasteiger charge is -2.28. The Kier molecular flexibility index (Phi) is 6.78. The van der Waals surface area contributed by atoms with Crippen LogP contribution in [0.15, 0.2) is 156 Å². The van der Waals surface area contributed by atoms with Crippen molar-refractivity contribution in [3.05, 3.63) is 179 Å². The zero-order valence-electron chi connectivity index (χ0n) is 28.1. The summed E-state index contributed by atoms with van der Waals surface area (Å²) in [5.41, 5.74) is 14.7. The van der Waals surface area contributed by atoms with Crippen LogP contribution in [-0.4, -0.2) is 19.1 Å². The predicted molar refractivity (Wildman–Crippen MR) is 203 cm³/mol. The van der Waals surface area contributed by atoms with Gasteiger partial charge in [0, 0.05) is 41.8 Å². The molecule has 0 fully saturated rings. The smallest absolute Gasteiger partial charge is 0.295 e. The van der Waals surface area contributed by atoms with E-state index in [4.69, 9.17) is 9.97 Å². The molecule has 0 radical (unpaired) electrons. The molecule has 0 saturated carbocycles. The fourth-order valence-corrected chi connectivity index (χ4v) is 7.83. The van der Waals surface area contributed by atoms with Crippen LogP contribution in [0.25, 0.3) is 67.2 Å². The van der Waals surface area contributed by atoms with Crippen molar-refractivity contribution in [1.29, 1.82) is 0 Å². The number of benzene rings is 6. The average molecular weight is 647 g/mol. The highest BCUT2D eigenvalue weighted by atomic mass is 16.1. The molecular formula is C45H34N4O. The molecule has 1 unspecified atom stereocenters. The number of hydrogen-bond acceptors (Lipinski definition) is 3. The maximum atomic E-state index is 12.7. The molecule has 0 aliphatic heterocycles. The molecule has 0 N–H and O–H groups in total. The van der Waals surface area contributed by atoms with Gasteiger partial charge >= 0.3 is 5.69 Å². The first-order valence-corrected chi connectivity index (χ1v) is 16.9. The topological polar surface area (TPSA) is 52.7 Å². The lowest BCUT2D eigenvalue weighted by atomic mass is 9.74. The molecule has 1 aliphatic rings. The van der Waals surface area contributed by atoms with Crippen LogP contribution in [0.5, 0.6) is 0 Å². The summed E-state index contributed by atoms with van der Waals surface area (Å²) in [4.78, 5) is 23.0. The van der Waals surface area contributed by atoms with Crippen molar-refractivity contribution in [3.8, 4) is 56.2 Å². The first kappa shape index (κ1) is 29.8. The fraction of sp³-hybridized carbons (Fsp3) is 0.0889. The molecule has 1 atom stereocenters. The van der Waals surface area contributed by atoms with Gasteiger partial charge in [-0.3, -0.25) is 9.13 Å². The maximum absolute atomic E-state index is 12.7. The highest BCUT2D eigenvalue weighted by Crippen LogP contribution is 2.53. The quantitative estimate of drug-likeness (QED) is 0.187. The second-order valence-corrected chi connectivity index (χ2v) is 13.3. The molecular weight excluding hydrogens is 613 g/mol. The highest BCUT2D eigenvalue weighted by Gasteiger charge is 2.40. The van der Waals surface area contributed by atoms with E-state index >= 15 is 0 Å². The van der Waals surface area contributed by atoms with Crippen LogP contribution in [0.2, 0.25) is 0 Å². The van der Waals surface area contributed by atoms with Crippen molar-refractivity contribution in [3.63, 3.8) is 0 Å². The van der Waals surface area contributed by atoms with Crippen molar-refractivity contribution in [2.24, 2.45) is 14.1 Å². The summed E-state index contributed by atoms with van der Waals surface area (Å²) in [7, 11) is 3.64. The Labute approximate surface area is 290 Å². The largest absolute Gasteiger partial charge is 0.328 e. The van der Waals surface area contributed by atoms with Gasteiger partial charge in [-0.05, 0) is 58.5 Å². The SMILES string of the molecule is Cn1c(=O)n(C)c2c(-c3ccc(-c4cc(-c5ccc6c(c5)-c5ccccc5C6(C)c5ccccc5)nc(-c5ccccc5)n4)cc3)cccc21. The van der Waals surface area contributed by atoms with Gasteiger partial charge < -0.3 is 0 Å².